The van der Waals surface area contributed by atoms with Crippen molar-refractivity contribution in [1.29, 1.82) is 0 Å². The Kier molecular flexibility index (Phi) is 10.0. The van der Waals surface area contributed by atoms with Crippen LogP contribution in [-0.4, -0.2) is 41.7 Å². The highest BCUT2D eigenvalue weighted by atomic mass is 19.4. The van der Waals surface area contributed by atoms with E-state index in [1.54, 1.807) is 29.2 Å². The average molecular weight is 618 g/mol. The Balaban J connectivity index is 1.27. The molecule has 0 bridgehead atoms. The third-order valence-corrected chi connectivity index (χ3v) is 7.56. The predicted octanol–water partition coefficient (Wildman–Crippen LogP) is 6.61. The molecule has 1 heterocycles. The van der Waals surface area contributed by atoms with Crippen molar-refractivity contribution < 1.29 is 32.2 Å². The average Bonchev–Trinajstić information content (AvgIpc) is 3.02. The van der Waals surface area contributed by atoms with Gasteiger partial charge in [-0.3, -0.25) is 9.59 Å². The number of carbonyl (C=O) groups excluding carboxylic acids is 2. The van der Waals surface area contributed by atoms with Crippen LogP contribution in [0.3, 0.4) is 0 Å². The first-order valence-electron chi connectivity index (χ1n) is 14.8. The second kappa shape index (κ2) is 14.3. The molecule has 1 saturated heterocycles. The number of nitrogens with two attached hydrogens (primary N) is 1. The van der Waals surface area contributed by atoms with Crippen LogP contribution < -0.4 is 20.5 Å². The first kappa shape index (κ1) is 31.6. The number of hydrogen-bond acceptors (Lipinski definition) is 5. The van der Waals surface area contributed by atoms with E-state index in [0.717, 1.165) is 41.2 Å². The Morgan fingerprint density at radius 2 is 1.42 bits per heavy atom. The van der Waals surface area contributed by atoms with Crippen LogP contribution in [0.2, 0.25) is 0 Å². The SMILES string of the molecule is NCCCCC1C(=O)NC(Cc2ccc(Oc3cccc(OC(F)(F)F)c3)cc2)C(=O)N1Cc1ccc(-c2ccccc2)cc1. The molecule has 10 heteroatoms. The molecule has 0 radical (unpaired) electrons. The van der Waals surface area contributed by atoms with Crippen molar-refractivity contribution in [2.75, 3.05) is 6.54 Å². The smallest absolute Gasteiger partial charge is 0.457 e. The molecule has 0 aliphatic carbocycles. The number of hydrogen-bond donors (Lipinski definition) is 2. The number of carbonyl (C=O) groups is 2. The van der Waals surface area contributed by atoms with Gasteiger partial charge in [0, 0.05) is 19.0 Å². The highest BCUT2D eigenvalue weighted by Gasteiger charge is 2.40. The first-order valence-corrected chi connectivity index (χ1v) is 14.8. The number of rotatable bonds is 12. The van der Waals surface area contributed by atoms with E-state index in [0.29, 0.717) is 25.3 Å². The molecule has 1 aliphatic heterocycles. The van der Waals surface area contributed by atoms with Crippen molar-refractivity contribution in [2.45, 2.75) is 50.7 Å². The summed E-state index contributed by atoms with van der Waals surface area (Å²) in [7, 11) is 0. The molecular formula is C35H34F3N3O4. The van der Waals surface area contributed by atoms with E-state index in [1.165, 1.54) is 18.2 Å². The number of ether oxygens (including phenoxy) is 2. The lowest BCUT2D eigenvalue weighted by atomic mass is 9.96. The van der Waals surface area contributed by atoms with Crippen LogP contribution >= 0.6 is 0 Å². The summed E-state index contributed by atoms with van der Waals surface area (Å²) in [6.45, 7) is 0.813. The van der Waals surface area contributed by atoms with Gasteiger partial charge in [0.2, 0.25) is 11.8 Å². The molecule has 2 amide bonds. The molecule has 45 heavy (non-hydrogen) atoms. The molecule has 234 valence electrons. The highest BCUT2D eigenvalue weighted by molar-refractivity contribution is 5.97. The number of unbranched alkanes of at least 4 members (excludes halogenated alkanes) is 1. The summed E-state index contributed by atoms with van der Waals surface area (Å²) in [5.74, 6) is -0.185. The number of nitrogens with one attached hydrogen (secondary N) is 1. The normalized spacial score (nSPS) is 16.8. The fourth-order valence-corrected chi connectivity index (χ4v) is 5.35. The Labute approximate surface area is 259 Å². The van der Waals surface area contributed by atoms with Crippen molar-refractivity contribution in [2.24, 2.45) is 5.73 Å². The van der Waals surface area contributed by atoms with E-state index < -0.39 is 18.4 Å². The second-order valence-corrected chi connectivity index (χ2v) is 10.9. The molecular weight excluding hydrogens is 583 g/mol. The molecule has 1 fully saturated rings. The minimum atomic E-state index is -4.81. The van der Waals surface area contributed by atoms with Gasteiger partial charge in [-0.25, -0.2) is 0 Å². The van der Waals surface area contributed by atoms with Crippen molar-refractivity contribution in [3.05, 3.63) is 114 Å². The van der Waals surface area contributed by atoms with Gasteiger partial charge >= 0.3 is 6.36 Å². The van der Waals surface area contributed by atoms with Gasteiger partial charge in [0.1, 0.15) is 29.3 Å². The van der Waals surface area contributed by atoms with Crippen molar-refractivity contribution in [3.63, 3.8) is 0 Å². The molecule has 1 aliphatic rings. The van der Waals surface area contributed by atoms with Crippen molar-refractivity contribution in [3.8, 4) is 28.4 Å². The molecule has 4 aromatic rings. The largest absolute Gasteiger partial charge is 0.573 e. The lowest BCUT2D eigenvalue weighted by molar-refractivity contribution is -0.274. The predicted molar refractivity (Wildman–Crippen MR) is 164 cm³/mol. The minimum Gasteiger partial charge on any atom is -0.457 e. The topological polar surface area (TPSA) is 93.9 Å². The number of halogens is 3. The van der Waals surface area contributed by atoms with Crippen LogP contribution in [0.15, 0.2) is 103 Å². The van der Waals surface area contributed by atoms with Crippen molar-refractivity contribution >= 4 is 11.8 Å². The van der Waals surface area contributed by atoms with E-state index >= 15 is 0 Å². The first-order chi connectivity index (χ1) is 21.7. The van der Waals surface area contributed by atoms with Crippen molar-refractivity contribution in [1.82, 2.24) is 10.2 Å². The van der Waals surface area contributed by atoms with Gasteiger partial charge in [0.15, 0.2) is 0 Å². The van der Waals surface area contributed by atoms with Crippen LogP contribution in [0.25, 0.3) is 11.1 Å². The quantitative estimate of drug-likeness (QED) is 0.175. The number of piperazine rings is 1. The van der Waals surface area contributed by atoms with E-state index in [1.807, 2.05) is 54.6 Å². The van der Waals surface area contributed by atoms with Gasteiger partial charge in [0.05, 0.1) is 0 Å². The van der Waals surface area contributed by atoms with Gasteiger partial charge in [0.25, 0.3) is 0 Å². The van der Waals surface area contributed by atoms with Crippen LogP contribution in [0.1, 0.15) is 30.4 Å². The Hall–Kier alpha value is -4.83. The molecule has 0 spiro atoms. The van der Waals surface area contributed by atoms with Gasteiger partial charge in [-0.1, -0.05) is 72.8 Å². The third-order valence-electron chi connectivity index (χ3n) is 7.56. The van der Waals surface area contributed by atoms with Crippen LogP contribution in [-0.2, 0) is 22.6 Å². The van der Waals surface area contributed by atoms with Gasteiger partial charge in [-0.05, 0) is 72.3 Å². The third kappa shape index (κ3) is 8.63. The standard InChI is InChI=1S/C35H34F3N3O4/c36-35(37,38)45-30-10-6-9-29(22-30)44-28-18-14-24(15-19-28)21-31-34(43)41(32(33(42)40-31)11-4-5-20-39)23-25-12-16-27(17-13-25)26-7-2-1-3-8-26/h1-3,6-10,12-19,22,31-32H,4-5,11,20-21,23,39H2,(H,40,42). The number of alkyl halides is 3. The highest BCUT2D eigenvalue weighted by Crippen LogP contribution is 2.30. The lowest BCUT2D eigenvalue weighted by Gasteiger charge is -2.39. The van der Waals surface area contributed by atoms with Gasteiger partial charge in [-0.15, -0.1) is 13.2 Å². The summed E-state index contributed by atoms with van der Waals surface area (Å²) < 4.78 is 47.3. The van der Waals surface area contributed by atoms with Crippen LogP contribution in [0.4, 0.5) is 13.2 Å². The maximum absolute atomic E-state index is 13.8. The summed E-state index contributed by atoms with van der Waals surface area (Å²) in [4.78, 5) is 28.8. The lowest BCUT2D eigenvalue weighted by Crippen LogP contribution is -2.63. The summed E-state index contributed by atoms with van der Waals surface area (Å²) in [5, 5.41) is 2.92. The summed E-state index contributed by atoms with van der Waals surface area (Å²) in [6, 6.07) is 28.7. The summed E-state index contributed by atoms with van der Waals surface area (Å²) >= 11 is 0. The summed E-state index contributed by atoms with van der Waals surface area (Å²) in [5.41, 5.74) is 9.54. The Bertz CT molecular complexity index is 1580. The molecule has 7 nitrogen and oxygen atoms in total. The van der Waals surface area contributed by atoms with Gasteiger partial charge in [-0.2, -0.15) is 0 Å². The fourth-order valence-electron chi connectivity index (χ4n) is 5.35. The van der Waals surface area contributed by atoms with Crippen LogP contribution in [0, 0.1) is 0 Å². The Morgan fingerprint density at radius 1 is 0.756 bits per heavy atom. The molecule has 0 aromatic heterocycles. The zero-order valence-corrected chi connectivity index (χ0v) is 24.5. The van der Waals surface area contributed by atoms with Gasteiger partial charge < -0.3 is 25.4 Å². The Morgan fingerprint density at radius 3 is 2.11 bits per heavy atom. The minimum absolute atomic E-state index is 0.165. The molecule has 2 atom stereocenters. The fraction of sp³-hybridized carbons (Fsp3) is 0.257. The van der Waals surface area contributed by atoms with E-state index in [2.05, 4.69) is 10.1 Å². The summed E-state index contributed by atoms with van der Waals surface area (Å²) in [6.07, 6.45) is -2.54. The monoisotopic (exact) mass is 617 g/mol. The number of amides is 2. The molecule has 4 aromatic carbocycles. The number of nitrogens with zero attached hydrogens (tertiary/aromatic N) is 1. The number of benzene rings is 4. The zero-order chi connectivity index (χ0) is 31.8. The van der Waals surface area contributed by atoms with E-state index in [-0.39, 0.29) is 29.7 Å². The maximum Gasteiger partial charge on any atom is 0.573 e. The second-order valence-electron chi connectivity index (χ2n) is 10.9. The van der Waals surface area contributed by atoms with Crippen LogP contribution in [0.5, 0.6) is 17.2 Å². The maximum atomic E-state index is 13.8. The zero-order valence-electron chi connectivity index (χ0n) is 24.5. The molecule has 3 N–H and O–H groups in total. The van der Waals surface area contributed by atoms with E-state index in [4.69, 9.17) is 10.5 Å². The molecule has 5 rings (SSSR count). The molecule has 2 unspecified atom stereocenters. The van der Waals surface area contributed by atoms with E-state index in [9.17, 15) is 22.8 Å². The molecule has 0 saturated carbocycles.